The van der Waals surface area contributed by atoms with Gasteiger partial charge in [-0.1, -0.05) is 110 Å². The second-order valence-electron chi connectivity index (χ2n) is 19.1. The Hall–Kier alpha value is -2.95. The zero-order valence-electron chi connectivity index (χ0n) is 37.7. The van der Waals surface area contributed by atoms with E-state index in [1.165, 1.54) is 16.7 Å². The summed E-state index contributed by atoms with van der Waals surface area (Å²) in [6, 6.07) is 8.94. The molecule has 1 heterocycles. The van der Waals surface area contributed by atoms with Gasteiger partial charge in [0.15, 0.2) is 0 Å². The minimum atomic E-state index is -1.23. The van der Waals surface area contributed by atoms with Crippen molar-refractivity contribution in [3.63, 3.8) is 0 Å². The van der Waals surface area contributed by atoms with Gasteiger partial charge in [0.1, 0.15) is 6.29 Å². The topological polar surface area (TPSA) is 131 Å². The monoisotopic (exact) mass is 827 g/mol. The first-order valence-electron chi connectivity index (χ1n) is 23.0. The van der Waals surface area contributed by atoms with Crippen molar-refractivity contribution in [1.82, 2.24) is 10.6 Å². The number of aldehydes is 1. The third-order valence-electron chi connectivity index (χ3n) is 14.9. The van der Waals surface area contributed by atoms with Gasteiger partial charge in [0.2, 0.25) is 0 Å². The highest BCUT2D eigenvalue weighted by Gasteiger charge is 2.68. The van der Waals surface area contributed by atoms with E-state index in [4.69, 9.17) is 4.74 Å². The van der Waals surface area contributed by atoms with E-state index in [2.05, 4.69) is 86.6 Å². The number of unbranched alkanes of at least 4 members (excludes halogenated alkanes) is 2. The molecule has 0 aromatic heterocycles. The Morgan fingerprint density at radius 3 is 2.68 bits per heavy atom. The Kier molecular flexibility index (Phi) is 17.6. The normalized spacial score (nSPS) is 33.6. The summed E-state index contributed by atoms with van der Waals surface area (Å²) in [5.41, 5.74) is 5.04. The molecule has 3 aliphatic carbocycles. The van der Waals surface area contributed by atoms with Crippen LogP contribution in [0.5, 0.6) is 0 Å². The lowest BCUT2D eigenvalue weighted by molar-refractivity contribution is -0.194. The lowest BCUT2D eigenvalue weighted by Gasteiger charge is -2.61. The molecular formula is C52H78N2O6. The molecular weight excluding hydrogens is 749 g/mol. The molecule has 5 rings (SSSR count). The number of hydrogen-bond donors (Lipinski definition) is 6. The number of benzene rings is 1. The van der Waals surface area contributed by atoms with Gasteiger partial charge in [-0.3, -0.25) is 4.79 Å². The van der Waals surface area contributed by atoms with Crippen molar-refractivity contribution >= 4 is 6.29 Å². The van der Waals surface area contributed by atoms with Crippen LogP contribution in [0.15, 0.2) is 95.2 Å². The summed E-state index contributed by atoms with van der Waals surface area (Å²) in [7, 11) is 3.64. The zero-order chi connectivity index (χ0) is 43.5. The molecule has 4 aliphatic rings. The van der Waals surface area contributed by atoms with E-state index in [0.29, 0.717) is 57.2 Å². The number of ether oxygens (including phenoxy) is 1. The molecule has 2 saturated carbocycles. The second kappa shape index (κ2) is 21.9. The molecule has 10 atom stereocenters. The number of allylic oxidation sites excluding steroid dienone is 9. The van der Waals surface area contributed by atoms with Crippen LogP contribution in [0.25, 0.3) is 0 Å². The molecule has 1 spiro atoms. The maximum Gasteiger partial charge on any atom is 0.145 e. The van der Waals surface area contributed by atoms with Gasteiger partial charge >= 0.3 is 0 Å². The van der Waals surface area contributed by atoms with E-state index in [0.717, 1.165) is 74.5 Å². The molecule has 8 nitrogen and oxygen atoms in total. The van der Waals surface area contributed by atoms with Crippen LogP contribution in [0.1, 0.15) is 109 Å². The molecule has 0 amide bonds. The molecule has 8 heteroatoms. The van der Waals surface area contributed by atoms with E-state index in [-0.39, 0.29) is 35.8 Å². The Labute approximate surface area is 362 Å². The molecule has 10 unspecified atom stereocenters. The predicted molar refractivity (Wildman–Crippen MR) is 244 cm³/mol. The molecule has 0 radical (unpaired) electrons. The fraction of sp³-hybridized carbons (Fsp3) is 0.635. The van der Waals surface area contributed by atoms with Crippen LogP contribution in [0.3, 0.4) is 0 Å². The Morgan fingerprint density at radius 1 is 1.18 bits per heavy atom. The smallest absolute Gasteiger partial charge is 0.145 e. The van der Waals surface area contributed by atoms with E-state index in [1.54, 1.807) is 7.11 Å². The van der Waals surface area contributed by atoms with Crippen molar-refractivity contribution in [2.75, 3.05) is 40.5 Å². The molecule has 60 heavy (non-hydrogen) atoms. The van der Waals surface area contributed by atoms with Crippen LogP contribution in [0.4, 0.5) is 0 Å². The number of aliphatic hydroxyl groups is 4. The van der Waals surface area contributed by atoms with Crippen molar-refractivity contribution in [2.45, 2.75) is 135 Å². The van der Waals surface area contributed by atoms with Crippen LogP contribution < -0.4 is 10.6 Å². The van der Waals surface area contributed by atoms with Gasteiger partial charge in [-0.15, -0.1) is 0 Å². The molecule has 1 aromatic carbocycles. The number of nitrogens with one attached hydrogen (secondary N) is 2. The summed E-state index contributed by atoms with van der Waals surface area (Å²) >= 11 is 0. The largest absolute Gasteiger partial charge is 0.396 e. The van der Waals surface area contributed by atoms with Gasteiger partial charge < -0.3 is 35.8 Å². The fourth-order valence-corrected chi connectivity index (χ4v) is 11.5. The van der Waals surface area contributed by atoms with Crippen molar-refractivity contribution in [2.24, 2.45) is 35.0 Å². The predicted octanol–water partition coefficient (Wildman–Crippen LogP) is 7.92. The summed E-state index contributed by atoms with van der Waals surface area (Å²) in [4.78, 5) is 12.5. The summed E-state index contributed by atoms with van der Waals surface area (Å²) in [5, 5.41) is 55.4. The van der Waals surface area contributed by atoms with E-state index in [9.17, 15) is 25.2 Å². The maximum atomic E-state index is 13.0. The minimum absolute atomic E-state index is 0.0306. The van der Waals surface area contributed by atoms with Gasteiger partial charge in [-0.05, 0) is 139 Å². The Balaban J connectivity index is 1.50. The number of methoxy groups -OCH3 is 1. The molecule has 6 N–H and O–H groups in total. The van der Waals surface area contributed by atoms with Gasteiger partial charge in [0, 0.05) is 49.7 Å². The second-order valence-corrected chi connectivity index (χ2v) is 19.1. The van der Waals surface area contributed by atoms with E-state index >= 15 is 0 Å². The summed E-state index contributed by atoms with van der Waals surface area (Å²) in [5.74, 6) is -0.806. The summed E-state index contributed by atoms with van der Waals surface area (Å²) in [6.45, 7) is 15.2. The lowest BCUT2D eigenvalue weighted by Crippen LogP contribution is -2.65. The highest BCUT2D eigenvalue weighted by atomic mass is 16.5. The first-order valence-corrected chi connectivity index (χ1v) is 23.0. The molecule has 0 saturated heterocycles. The number of rotatable bonds is 18. The number of carbonyl (C=O) groups excluding carboxylic acids is 1. The number of fused-ring (bicyclic) bond motifs is 5. The van der Waals surface area contributed by atoms with Gasteiger partial charge in [-0.25, -0.2) is 0 Å². The number of aliphatic hydroxyl groups excluding tert-OH is 3. The molecule has 1 aromatic rings. The SMILES string of the molecule is C=C(C=CC=C(C(O)CCCCC)C1CCC2(C1O)C1C(=C(C)C=O)C(C=CC1CCO)CC2(O)CCNC)C1CC=C(C)CNC(C)(CCOC)Cc2cccc(c2)C1. The van der Waals surface area contributed by atoms with Crippen molar-refractivity contribution < 1.29 is 30.0 Å². The summed E-state index contributed by atoms with van der Waals surface area (Å²) < 4.78 is 5.47. The number of hydrogen-bond acceptors (Lipinski definition) is 8. The molecule has 332 valence electrons. The van der Waals surface area contributed by atoms with Crippen LogP contribution in [0, 0.1) is 35.0 Å². The summed E-state index contributed by atoms with van der Waals surface area (Å²) in [6.07, 6.45) is 21.5. The molecule has 4 bridgehead atoms. The fourth-order valence-electron chi connectivity index (χ4n) is 11.5. The van der Waals surface area contributed by atoms with Crippen LogP contribution in [-0.4, -0.2) is 90.5 Å². The molecule has 1 aliphatic heterocycles. The van der Waals surface area contributed by atoms with Crippen LogP contribution in [0.2, 0.25) is 0 Å². The average molecular weight is 827 g/mol. The van der Waals surface area contributed by atoms with Gasteiger partial charge in [0.25, 0.3) is 0 Å². The van der Waals surface area contributed by atoms with E-state index < -0.39 is 29.1 Å². The zero-order valence-corrected chi connectivity index (χ0v) is 37.7. The van der Waals surface area contributed by atoms with Crippen molar-refractivity contribution in [3.8, 4) is 0 Å². The van der Waals surface area contributed by atoms with Gasteiger partial charge in [-0.2, -0.15) is 0 Å². The third-order valence-corrected chi connectivity index (χ3v) is 14.9. The first-order chi connectivity index (χ1) is 28.8. The number of carbonyl (C=O) groups is 1. The van der Waals surface area contributed by atoms with Gasteiger partial charge in [0.05, 0.1) is 17.8 Å². The Morgan fingerprint density at radius 2 is 1.97 bits per heavy atom. The van der Waals surface area contributed by atoms with Crippen LogP contribution in [-0.2, 0) is 22.4 Å². The highest BCUT2D eigenvalue weighted by molar-refractivity contribution is 5.74. The van der Waals surface area contributed by atoms with Crippen LogP contribution >= 0.6 is 0 Å². The standard InChI is InChI=1S/C52H78N2O6/c1-8-9-10-17-46(57)44(16-11-13-37(3)42-19-18-36(2)34-54-50(5,26-29-60-7)32-40-15-12-14-39(30-40)31-42)45-22-24-52(49(45)58)48-41(23-28-55)20-21-43(47(48)38(4)35-56)33-51(52,59)25-27-53-6/h11-16,18,20-21,30,35,41-43,45-46,48-49,53-55,57-59H,3,8-10,17,19,22-29,31-34H2,1-2,4-7H3. The first kappa shape index (κ1) is 48.1. The molecule has 2 fully saturated rings. The third kappa shape index (κ3) is 10.8. The average Bonchev–Trinajstić information content (AvgIpc) is 3.57. The maximum absolute atomic E-state index is 13.0. The lowest BCUT2D eigenvalue weighted by atomic mass is 9.45. The van der Waals surface area contributed by atoms with Crippen molar-refractivity contribution in [3.05, 3.63) is 106 Å². The Bertz CT molecular complexity index is 1760. The minimum Gasteiger partial charge on any atom is -0.396 e. The quantitative estimate of drug-likeness (QED) is 0.0290. The van der Waals surface area contributed by atoms with E-state index in [1.807, 2.05) is 26.1 Å². The van der Waals surface area contributed by atoms with Crippen molar-refractivity contribution in [1.29, 1.82) is 0 Å². The highest BCUT2D eigenvalue weighted by Crippen LogP contribution is 2.67.